The molecule has 5 aliphatic carbocycles. The predicted molar refractivity (Wildman–Crippen MR) is 174 cm³/mol. The normalized spacial score (nSPS) is 30.2. The molecule has 0 aromatic rings. The molecule has 2 N–H and O–H groups in total. The predicted octanol–water partition coefficient (Wildman–Crippen LogP) is 10.3. The van der Waals surface area contributed by atoms with Crippen LogP contribution in [0.4, 0.5) is 0 Å². The van der Waals surface area contributed by atoms with Crippen molar-refractivity contribution in [2.75, 3.05) is 6.54 Å². The Hall–Kier alpha value is -2.38. The monoisotopic (exact) mass is 535 g/mol. The highest BCUT2D eigenvalue weighted by Gasteiger charge is 2.39. The Balaban J connectivity index is 1.34. The van der Waals surface area contributed by atoms with E-state index >= 15 is 0 Å². The molecule has 0 aliphatic heterocycles. The number of hydrogen-bond donors (Lipinski definition) is 1. The Morgan fingerprint density at radius 1 is 0.925 bits per heavy atom. The van der Waals surface area contributed by atoms with Gasteiger partial charge in [-0.2, -0.15) is 0 Å². The van der Waals surface area contributed by atoms with Crippen LogP contribution in [0.25, 0.3) is 0 Å². The van der Waals surface area contributed by atoms with Gasteiger partial charge in [0.05, 0.1) is 0 Å². The Labute approximate surface area is 245 Å². The third-order valence-corrected chi connectivity index (χ3v) is 10.4. The van der Waals surface area contributed by atoms with Gasteiger partial charge in [-0.3, -0.25) is 0 Å². The van der Waals surface area contributed by atoms with Crippen molar-refractivity contribution in [1.29, 1.82) is 0 Å². The van der Waals surface area contributed by atoms with Gasteiger partial charge in [-0.15, -0.1) is 0 Å². The highest BCUT2D eigenvalue weighted by Crippen LogP contribution is 2.51. The number of hydrogen-bond acceptors (Lipinski definition) is 1. The zero-order valence-corrected chi connectivity index (χ0v) is 25.2. The van der Waals surface area contributed by atoms with Crippen LogP contribution in [0.15, 0.2) is 107 Å². The summed E-state index contributed by atoms with van der Waals surface area (Å²) in [4.78, 5) is 0. The largest absolute Gasteiger partial charge is 0.327 e. The molecule has 0 aromatic heterocycles. The maximum absolute atomic E-state index is 5.60. The summed E-state index contributed by atoms with van der Waals surface area (Å²) < 4.78 is 0. The van der Waals surface area contributed by atoms with Gasteiger partial charge in [-0.25, -0.2) is 0 Å². The van der Waals surface area contributed by atoms with Crippen LogP contribution in [0.2, 0.25) is 0 Å². The van der Waals surface area contributed by atoms with Crippen molar-refractivity contribution < 1.29 is 0 Å². The summed E-state index contributed by atoms with van der Waals surface area (Å²) in [6.45, 7) is 5.37. The van der Waals surface area contributed by atoms with E-state index in [0.717, 1.165) is 18.8 Å². The maximum atomic E-state index is 5.60. The van der Waals surface area contributed by atoms with E-state index in [-0.39, 0.29) is 0 Å². The second kappa shape index (κ2) is 14.5. The summed E-state index contributed by atoms with van der Waals surface area (Å²) in [5.41, 5.74) is 13.8. The van der Waals surface area contributed by atoms with E-state index < -0.39 is 0 Å². The first-order valence-corrected chi connectivity index (χ1v) is 16.6. The molecular weight excluding hydrogens is 482 g/mol. The summed E-state index contributed by atoms with van der Waals surface area (Å²) in [7, 11) is 0. The lowest BCUT2D eigenvalue weighted by Crippen LogP contribution is -2.32. The maximum Gasteiger partial charge on any atom is 0.0106 e. The van der Waals surface area contributed by atoms with Crippen LogP contribution in [-0.2, 0) is 0 Å². The molecule has 0 spiro atoms. The van der Waals surface area contributed by atoms with Gasteiger partial charge in [0, 0.05) is 18.4 Å². The van der Waals surface area contributed by atoms with Crippen molar-refractivity contribution >= 4 is 0 Å². The lowest BCUT2D eigenvalue weighted by molar-refractivity contribution is 0.285. The first kappa shape index (κ1) is 29.1. The number of rotatable bonds is 12. The number of fused-ring (bicyclic) bond motifs is 2. The first-order valence-electron chi connectivity index (χ1n) is 16.6. The molecule has 6 unspecified atom stereocenters. The van der Waals surface area contributed by atoms with E-state index in [1.165, 1.54) is 69.8 Å². The highest BCUT2D eigenvalue weighted by molar-refractivity contribution is 5.48. The number of allylic oxidation sites excluding steroid dienone is 17. The van der Waals surface area contributed by atoms with E-state index in [0.29, 0.717) is 36.1 Å². The van der Waals surface area contributed by atoms with Gasteiger partial charge in [-0.05, 0) is 98.2 Å². The second-order valence-electron chi connectivity index (χ2n) is 12.7. The lowest BCUT2D eigenvalue weighted by atomic mass is 9.61. The van der Waals surface area contributed by atoms with Crippen molar-refractivity contribution in [3.63, 3.8) is 0 Å². The molecule has 40 heavy (non-hydrogen) atoms. The van der Waals surface area contributed by atoms with Crippen molar-refractivity contribution in [3.05, 3.63) is 107 Å². The topological polar surface area (TPSA) is 26.0 Å². The molecule has 0 heterocycles. The van der Waals surface area contributed by atoms with Crippen molar-refractivity contribution in [2.45, 2.75) is 90.9 Å². The molecule has 0 radical (unpaired) electrons. The quantitative estimate of drug-likeness (QED) is 0.195. The van der Waals surface area contributed by atoms with E-state index in [1.807, 2.05) is 0 Å². The molecule has 0 aromatic carbocycles. The minimum atomic E-state index is 0.560. The summed E-state index contributed by atoms with van der Waals surface area (Å²) >= 11 is 0. The van der Waals surface area contributed by atoms with Gasteiger partial charge < -0.3 is 5.73 Å². The standard InChI is InChI=1S/C39H53N/c1-3-5-7-15-30(4-2)32-24-26-38(36-18-11-9-16-34(32)36)39-27-25-33(35-17-10-12-19-37(35)39)31-22-20-29(21-23-31)14-8-6-13-28-40/h6,9-10,12-13,16-17,19-22,24,26,30-31,33,35-36,38H,3-5,7-8,11,14-15,18,23,25,27-28,40H2,1-2H3/b13-6-. The van der Waals surface area contributed by atoms with Crippen LogP contribution in [0.1, 0.15) is 90.9 Å². The van der Waals surface area contributed by atoms with Crippen LogP contribution in [0.3, 0.4) is 0 Å². The van der Waals surface area contributed by atoms with Gasteiger partial charge in [0.15, 0.2) is 0 Å². The Morgan fingerprint density at radius 3 is 2.65 bits per heavy atom. The molecule has 0 fully saturated rings. The van der Waals surface area contributed by atoms with Crippen molar-refractivity contribution in [2.24, 2.45) is 41.2 Å². The van der Waals surface area contributed by atoms with Gasteiger partial charge in [-0.1, -0.05) is 123 Å². The van der Waals surface area contributed by atoms with E-state index in [4.69, 9.17) is 5.73 Å². The van der Waals surface area contributed by atoms with Crippen LogP contribution >= 0.6 is 0 Å². The molecule has 5 aliphatic rings. The Kier molecular flexibility index (Phi) is 10.6. The van der Waals surface area contributed by atoms with E-state index in [2.05, 4.69) is 92.8 Å². The Bertz CT molecular complexity index is 1150. The molecule has 0 amide bonds. The van der Waals surface area contributed by atoms with Crippen LogP contribution in [0.5, 0.6) is 0 Å². The van der Waals surface area contributed by atoms with Crippen LogP contribution in [0, 0.1) is 35.5 Å². The van der Waals surface area contributed by atoms with Gasteiger partial charge >= 0.3 is 0 Å². The van der Waals surface area contributed by atoms with Crippen molar-refractivity contribution in [3.8, 4) is 0 Å². The van der Waals surface area contributed by atoms with Gasteiger partial charge in [0.2, 0.25) is 0 Å². The minimum Gasteiger partial charge on any atom is -0.327 e. The van der Waals surface area contributed by atoms with E-state index in [9.17, 15) is 0 Å². The Morgan fingerprint density at radius 2 is 1.85 bits per heavy atom. The molecule has 0 bridgehead atoms. The van der Waals surface area contributed by atoms with E-state index in [1.54, 1.807) is 22.3 Å². The molecule has 0 saturated heterocycles. The average molecular weight is 536 g/mol. The summed E-state index contributed by atoms with van der Waals surface area (Å²) in [6.07, 6.45) is 46.8. The van der Waals surface area contributed by atoms with Crippen LogP contribution in [-0.4, -0.2) is 6.54 Å². The smallest absolute Gasteiger partial charge is 0.0106 e. The molecule has 1 nitrogen and oxygen atoms in total. The molecule has 214 valence electrons. The fraction of sp³-hybridized carbons (Fsp3) is 0.538. The zero-order valence-electron chi connectivity index (χ0n) is 25.2. The number of nitrogens with two attached hydrogens (primary N) is 1. The molecule has 6 atom stereocenters. The van der Waals surface area contributed by atoms with Gasteiger partial charge in [0.25, 0.3) is 0 Å². The van der Waals surface area contributed by atoms with Crippen LogP contribution < -0.4 is 5.73 Å². The third-order valence-electron chi connectivity index (χ3n) is 10.4. The molecule has 0 saturated carbocycles. The minimum absolute atomic E-state index is 0.560. The average Bonchev–Trinajstić information content (AvgIpc) is 3.01. The third kappa shape index (κ3) is 6.57. The fourth-order valence-corrected chi connectivity index (χ4v) is 8.22. The second-order valence-corrected chi connectivity index (χ2v) is 12.7. The molecule has 5 rings (SSSR count). The number of unbranched alkanes of at least 4 members (excludes halogenated alkanes) is 2. The fourth-order valence-electron chi connectivity index (χ4n) is 8.22. The first-order chi connectivity index (χ1) is 19.7. The lowest BCUT2D eigenvalue weighted by Gasteiger charge is -2.43. The molecular formula is C39H53N. The SMILES string of the molecule is CCCCCC(CC)C1=C2C=CCCC2C(C2=C3C=CC=CC3C(C3C=CC(CC/C=C\CN)=CC3)CC2)C=C1. The van der Waals surface area contributed by atoms with Crippen molar-refractivity contribution in [1.82, 2.24) is 0 Å². The highest BCUT2D eigenvalue weighted by atomic mass is 14.5. The summed E-state index contributed by atoms with van der Waals surface area (Å²) in [5, 5.41) is 0. The summed E-state index contributed by atoms with van der Waals surface area (Å²) in [6, 6.07) is 0. The summed E-state index contributed by atoms with van der Waals surface area (Å²) in [5.74, 6) is 3.87. The molecule has 1 heteroatoms. The zero-order chi connectivity index (χ0) is 27.7. The van der Waals surface area contributed by atoms with Gasteiger partial charge in [0.1, 0.15) is 0 Å².